The molecule has 1 heterocycles. The summed E-state index contributed by atoms with van der Waals surface area (Å²) in [5, 5.41) is 3.46. The van der Waals surface area contributed by atoms with Crippen molar-refractivity contribution in [2.24, 2.45) is 0 Å². The number of nitrogens with one attached hydrogen (secondary N) is 1. The average molecular weight is 199 g/mol. The van der Waals surface area contributed by atoms with E-state index in [0.29, 0.717) is 6.04 Å². The van der Waals surface area contributed by atoms with E-state index in [1.54, 1.807) is 11.8 Å². The molecule has 0 spiro atoms. The summed E-state index contributed by atoms with van der Waals surface area (Å²) in [6.07, 6.45) is 1.04. The Hall–Kier alpha value is -0.610. The molecule has 1 rings (SSSR count). The van der Waals surface area contributed by atoms with Crippen molar-refractivity contribution >= 4 is 5.91 Å². The molecule has 1 amide bonds. The third kappa shape index (κ3) is 3.64. The van der Waals surface area contributed by atoms with E-state index in [1.807, 2.05) is 7.05 Å². The van der Waals surface area contributed by atoms with Crippen molar-refractivity contribution in [3.8, 4) is 0 Å². The van der Waals surface area contributed by atoms with Crippen molar-refractivity contribution in [2.45, 2.75) is 19.4 Å². The Kier molecular flexibility index (Phi) is 4.35. The van der Waals surface area contributed by atoms with Crippen LogP contribution >= 0.6 is 0 Å². The number of carbonyl (C=O) groups excluding carboxylic acids is 1. The Morgan fingerprint density at radius 2 is 2.36 bits per heavy atom. The number of hydrogen-bond acceptors (Lipinski definition) is 3. The number of nitrogens with zero attached hydrogens (tertiary/aromatic N) is 2. The Labute approximate surface area is 86.2 Å². The monoisotopic (exact) mass is 199 g/mol. The Morgan fingerprint density at radius 3 is 2.93 bits per heavy atom. The molecule has 4 heteroatoms. The summed E-state index contributed by atoms with van der Waals surface area (Å²) < 4.78 is 0. The summed E-state index contributed by atoms with van der Waals surface area (Å²) in [6, 6.07) is 0.538. The van der Waals surface area contributed by atoms with Gasteiger partial charge in [0.05, 0.1) is 0 Å². The molecule has 1 unspecified atom stereocenters. The molecule has 4 nitrogen and oxygen atoms in total. The first-order valence-electron chi connectivity index (χ1n) is 5.23. The largest absolute Gasteiger partial charge is 0.346 e. The summed E-state index contributed by atoms with van der Waals surface area (Å²) in [4.78, 5) is 15.1. The SMILES string of the molecule is CC(=O)N(C)CCC1CN(C)CCN1. The minimum Gasteiger partial charge on any atom is -0.346 e. The molecule has 1 N–H and O–H groups in total. The van der Waals surface area contributed by atoms with Crippen LogP contribution in [0.5, 0.6) is 0 Å². The quantitative estimate of drug-likeness (QED) is 0.681. The number of likely N-dealkylation sites (N-methyl/N-ethyl adjacent to an activating group) is 1. The van der Waals surface area contributed by atoms with E-state index in [0.717, 1.165) is 32.6 Å². The van der Waals surface area contributed by atoms with E-state index in [2.05, 4.69) is 17.3 Å². The summed E-state index contributed by atoms with van der Waals surface area (Å²) in [6.45, 7) is 5.73. The number of rotatable bonds is 3. The van der Waals surface area contributed by atoms with Crippen LogP contribution in [0.25, 0.3) is 0 Å². The van der Waals surface area contributed by atoms with Crippen LogP contribution in [0, 0.1) is 0 Å². The molecule has 1 fully saturated rings. The zero-order chi connectivity index (χ0) is 10.6. The molecule has 1 atom stereocenters. The van der Waals surface area contributed by atoms with Crippen LogP contribution < -0.4 is 5.32 Å². The topological polar surface area (TPSA) is 35.6 Å². The molecule has 1 aliphatic heterocycles. The molecule has 14 heavy (non-hydrogen) atoms. The molecule has 82 valence electrons. The number of carbonyl (C=O) groups is 1. The summed E-state index contributed by atoms with van der Waals surface area (Å²) in [7, 11) is 4.00. The van der Waals surface area contributed by atoms with Crippen LogP contribution in [-0.2, 0) is 4.79 Å². The highest BCUT2D eigenvalue weighted by molar-refractivity contribution is 5.72. The van der Waals surface area contributed by atoms with Gasteiger partial charge in [0, 0.05) is 46.2 Å². The highest BCUT2D eigenvalue weighted by Gasteiger charge is 2.16. The molecule has 0 aromatic carbocycles. The number of hydrogen-bond donors (Lipinski definition) is 1. The molecule has 0 aromatic rings. The molecule has 0 aromatic heterocycles. The summed E-state index contributed by atoms with van der Waals surface area (Å²) >= 11 is 0. The van der Waals surface area contributed by atoms with Crippen LogP contribution in [0.3, 0.4) is 0 Å². The fourth-order valence-corrected chi connectivity index (χ4v) is 1.69. The maximum absolute atomic E-state index is 11.0. The van der Waals surface area contributed by atoms with Crippen LogP contribution in [0.4, 0.5) is 0 Å². The van der Waals surface area contributed by atoms with Gasteiger partial charge in [0.15, 0.2) is 0 Å². The van der Waals surface area contributed by atoms with Gasteiger partial charge < -0.3 is 15.1 Å². The summed E-state index contributed by atoms with van der Waals surface area (Å²) in [5.74, 6) is 0.147. The molecular weight excluding hydrogens is 178 g/mol. The lowest BCUT2D eigenvalue weighted by Gasteiger charge is -2.31. The first kappa shape index (κ1) is 11.5. The second-order valence-electron chi connectivity index (χ2n) is 4.14. The van der Waals surface area contributed by atoms with Gasteiger partial charge >= 0.3 is 0 Å². The second kappa shape index (κ2) is 5.32. The third-order valence-corrected chi connectivity index (χ3v) is 2.81. The van der Waals surface area contributed by atoms with Crippen LogP contribution in [0.2, 0.25) is 0 Å². The summed E-state index contributed by atoms with van der Waals surface area (Å²) in [5.41, 5.74) is 0. The molecule has 1 aliphatic rings. The van der Waals surface area contributed by atoms with E-state index in [-0.39, 0.29) is 5.91 Å². The van der Waals surface area contributed by atoms with Gasteiger partial charge in [-0.2, -0.15) is 0 Å². The number of amides is 1. The standard InChI is InChI=1S/C10H21N3O/c1-9(14)13(3)6-4-10-8-12(2)7-5-11-10/h10-11H,4-8H2,1-3H3. The highest BCUT2D eigenvalue weighted by atomic mass is 16.2. The van der Waals surface area contributed by atoms with Gasteiger partial charge in [-0.25, -0.2) is 0 Å². The lowest BCUT2D eigenvalue weighted by Crippen LogP contribution is -2.50. The minimum atomic E-state index is 0.147. The predicted octanol–water partition coefficient (Wildman–Crippen LogP) is -0.242. The van der Waals surface area contributed by atoms with Gasteiger partial charge in [-0.1, -0.05) is 0 Å². The maximum Gasteiger partial charge on any atom is 0.219 e. The predicted molar refractivity (Wildman–Crippen MR) is 57.2 cm³/mol. The Morgan fingerprint density at radius 1 is 1.64 bits per heavy atom. The average Bonchev–Trinajstić information content (AvgIpc) is 2.14. The molecule has 0 radical (unpaired) electrons. The molecule has 0 bridgehead atoms. The maximum atomic E-state index is 11.0. The van der Waals surface area contributed by atoms with Crippen LogP contribution in [0.15, 0.2) is 0 Å². The smallest absolute Gasteiger partial charge is 0.219 e. The van der Waals surface area contributed by atoms with Crippen molar-refractivity contribution in [3.05, 3.63) is 0 Å². The second-order valence-corrected chi connectivity index (χ2v) is 4.14. The van der Waals surface area contributed by atoms with Crippen molar-refractivity contribution in [1.29, 1.82) is 0 Å². The van der Waals surface area contributed by atoms with Crippen molar-refractivity contribution in [1.82, 2.24) is 15.1 Å². The van der Waals surface area contributed by atoms with Gasteiger partial charge in [-0.15, -0.1) is 0 Å². The zero-order valence-corrected chi connectivity index (χ0v) is 9.42. The first-order valence-corrected chi connectivity index (χ1v) is 5.23. The van der Waals surface area contributed by atoms with Crippen molar-refractivity contribution < 1.29 is 4.79 Å². The van der Waals surface area contributed by atoms with Gasteiger partial charge in [0.1, 0.15) is 0 Å². The van der Waals surface area contributed by atoms with Crippen LogP contribution in [0.1, 0.15) is 13.3 Å². The Balaban J connectivity index is 2.20. The lowest BCUT2D eigenvalue weighted by molar-refractivity contribution is -0.127. The first-order chi connectivity index (χ1) is 6.59. The fourth-order valence-electron chi connectivity index (χ4n) is 1.69. The van der Waals surface area contributed by atoms with E-state index in [9.17, 15) is 4.79 Å². The van der Waals surface area contributed by atoms with Crippen LogP contribution in [-0.4, -0.2) is 62.0 Å². The van der Waals surface area contributed by atoms with Gasteiger partial charge in [0.2, 0.25) is 5.91 Å². The fraction of sp³-hybridized carbons (Fsp3) is 0.900. The van der Waals surface area contributed by atoms with E-state index < -0.39 is 0 Å². The van der Waals surface area contributed by atoms with E-state index >= 15 is 0 Å². The molecule has 0 aliphatic carbocycles. The Bertz CT molecular complexity index is 196. The molecule has 1 saturated heterocycles. The normalized spacial score (nSPS) is 23.5. The number of piperazine rings is 1. The van der Waals surface area contributed by atoms with E-state index in [1.165, 1.54) is 0 Å². The minimum absolute atomic E-state index is 0.147. The molecular formula is C10H21N3O. The lowest BCUT2D eigenvalue weighted by atomic mass is 10.1. The van der Waals surface area contributed by atoms with E-state index in [4.69, 9.17) is 0 Å². The van der Waals surface area contributed by atoms with Crippen molar-refractivity contribution in [2.75, 3.05) is 40.3 Å². The van der Waals surface area contributed by atoms with Gasteiger partial charge in [0.25, 0.3) is 0 Å². The zero-order valence-electron chi connectivity index (χ0n) is 9.42. The van der Waals surface area contributed by atoms with Gasteiger partial charge in [-0.05, 0) is 13.5 Å². The molecule has 0 saturated carbocycles. The van der Waals surface area contributed by atoms with Gasteiger partial charge in [-0.3, -0.25) is 4.79 Å². The van der Waals surface area contributed by atoms with Crippen molar-refractivity contribution in [3.63, 3.8) is 0 Å². The third-order valence-electron chi connectivity index (χ3n) is 2.81. The highest BCUT2D eigenvalue weighted by Crippen LogP contribution is 2.01.